The predicted octanol–water partition coefficient (Wildman–Crippen LogP) is 1.02. The molecule has 0 radical (unpaired) electrons. The fraction of sp³-hybridized carbons (Fsp3) is 0.400. The fourth-order valence-corrected chi connectivity index (χ4v) is 1.60. The van der Waals surface area contributed by atoms with Crippen molar-refractivity contribution in [2.45, 2.75) is 18.6 Å². The summed E-state index contributed by atoms with van der Waals surface area (Å²) in [4.78, 5) is 9.94. The molecule has 0 amide bonds. The SMILES string of the molecule is O=[N+]([O-])c1ccc(Cl)c(C(O)C(O)CCO)c1. The Morgan fingerprint density at radius 2 is 2.06 bits per heavy atom. The number of nitrogens with zero attached hydrogens (tertiary/aromatic N) is 1. The van der Waals surface area contributed by atoms with Gasteiger partial charge in [0.05, 0.1) is 11.0 Å². The predicted molar refractivity (Wildman–Crippen MR) is 60.8 cm³/mol. The van der Waals surface area contributed by atoms with E-state index in [1.54, 1.807) is 0 Å². The standard InChI is InChI=1S/C10H12ClNO5/c11-8-2-1-6(12(16)17)5-7(8)10(15)9(14)3-4-13/h1-2,5,9-10,13-15H,3-4H2. The van der Waals surface area contributed by atoms with Crippen LogP contribution in [0.2, 0.25) is 5.02 Å². The monoisotopic (exact) mass is 261 g/mol. The normalized spacial score (nSPS) is 14.4. The first kappa shape index (κ1) is 13.9. The first-order chi connectivity index (χ1) is 7.97. The molecule has 0 saturated carbocycles. The molecule has 94 valence electrons. The first-order valence-corrected chi connectivity index (χ1v) is 5.26. The number of aliphatic hydroxyl groups is 3. The van der Waals surface area contributed by atoms with Crippen LogP contribution in [-0.4, -0.2) is 33.0 Å². The van der Waals surface area contributed by atoms with Crippen LogP contribution >= 0.6 is 11.6 Å². The Morgan fingerprint density at radius 1 is 1.41 bits per heavy atom. The highest BCUT2D eigenvalue weighted by atomic mass is 35.5. The number of hydrogen-bond acceptors (Lipinski definition) is 5. The summed E-state index contributed by atoms with van der Waals surface area (Å²) in [6.45, 7) is -0.301. The van der Waals surface area contributed by atoms with E-state index in [1.165, 1.54) is 12.1 Å². The molecule has 0 aliphatic rings. The third-order valence-electron chi connectivity index (χ3n) is 2.30. The van der Waals surface area contributed by atoms with Gasteiger partial charge >= 0.3 is 0 Å². The van der Waals surface area contributed by atoms with Gasteiger partial charge in [0.25, 0.3) is 5.69 Å². The lowest BCUT2D eigenvalue weighted by molar-refractivity contribution is -0.385. The maximum absolute atomic E-state index is 10.6. The Hall–Kier alpha value is -1.21. The van der Waals surface area contributed by atoms with Gasteiger partial charge < -0.3 is 15.3 Å². The average molecular weight is 262 g/mol. The molecular weight excluding hydrogens is 250 g/mol. The third-order valence-corrected chi connectivity index (χ3v) is 2.64. The number of non-ortho nitro benzene ring substituents is 1. The number of hydrogen-bond donors (Lipinski definition) is 3. The van der Waals surface area contributed by atoms with Gasteiger partial charge in [0.1, 0.15) is 6.10 Å². The third kappa shape index (κ3) is 3.37. The number of nitro benzene ring substituents is 1. The van der Waals surface area contributed by atoms with Crippen molar-refractivity contribution in [1.82, 2.24) is 0 Å². The van der Waals surface area contributed by atoms with E-state index in [2.05, 4.69) is 0 Å². The lowest BCUT2D eigenvalue weighted by Gasteiger charge is -2.18. The van der Waals surface area contributed by atoms with E-state index < -0.39 is 17.1 Å². The van der Waals surface area contributed by atoms with Gasteiger partial charge in [-0.05, 0) is 12.5 Å². The maximum atomic E-state index is 10.6. The van der Waals surface area contributed by atoms with Crippen molar-refractivity contribution in [3.63, 3.8) is 0 Å². The Kier molecular flexibility index (Phi) is 4.83. The van der Waals surface area contributed by atoms with Gasteiger partial charge in [-0.2, -0.15) is 0 Å². The topological polar surface area (TPSA) is 104 Å². The Balaban J connectivity index is 3.03. The van der Waals surface area contributed by atoms with Gasteiger partial charge in [-0.1, -0.05) is 11.6 Å². The van der Waals surface area contributed by atoms with E-state index in [4.69, 9.17) is 16.7 Å². The molecule has 0 aliphatic carbocycles. The molecule has 17 heavy (non-hydrogen) atoms. The molecule has 0 spiro atoms. The molecule has 2 unspecified atom stereocenters. The molecule has 1 aromatic rings. The lowest BCUT2D eigenvalue weighted by Crippen LogP contribution is -2.19. The van der Waals surface area contributed by atoms with Crippen molar-refractivity contribution in [3.8, 4) is 0 Å². The summed E-state index contributed by atoms with van der Waals surface area (Å²) in [5, 5.41) is 38.5. The Bertz CT molecular complexity index is 412. The van der Waals surface area contributed by atoms with Gasteiger partial charge in [-0.25, -0.2) is 0 Å². The molecular formula is C10H12ClNO5. The van der Waals surface area contributed by atoms with E-state index in [0.29, 0.717) is 0 Å². The van der Waals surface area contributed by atoms with Crippen LogP contribution in [0.4, 0.5) is 5.69 Å². The summed E-state index contributed by atoms with van der Waals surface area (Å²) in [6.07, 6.45) is -2.63. The zero-order valence-corrected chi connectivity index (χ0v) is 9.54. The molecule has 0 saturated heterocycles. The van der Waals surface area contributed by atoms with Crippen LogP contribution in [0, 0.1) is 10.1 Å². The van der Waals surface area contributed by atoms with Crippen LogP contribution in [0.3, 0.4) is 0 Å². The summed E-state index contributed by atoms with van der Waals surface area (Å²) in [5.74, 6) is 0. The molecule has 6 nitrogen and oxygen atoms in total. The number of aliphatic hydroxyl groups excluding tert-OH is 3. The highest BCUT2D eigenvalue weighted by molar-refractivity contribution is 6.31. The first-order valence-electron chi connectivity index (χ1n) is 4.88. The van der Waals surface area contributed by atoms with Gasteiger partial charge in [0, 0.05) is 29.3 Å². The number of nitro groups is 1. The minimum Gasteiger partial charge on any atom is -0.396 e. The molecule has 2 atom stereocenters. The van der Waals surface area contributed by atoms with E-state index >= 15 is 0 Å². The second kappa shape index (κ2) is 5.92. The molecule has 0 aromatic heterocycles. The summed E-state index contributed by atoms with van der Waals surface area (Å²) >= 11 is 5.78. The number of halogens is 1. The Morgan fingerprint density at radius 3 is 2.59 bits per heavy atom. The van der Waals surface area contributed by atoms with Gasteiger partial charge in [-0.3, -0.25) is 10.1 Å². The van der Waals surface area contributed by atoms with Gasteiger partial charge in [0.2, 0.25) is 0 Å². The van der Waals surface area contributed by atoms with Crippen LogP contribution in [0.1, 0.15) is 18.1 Å². The molecule has 7 heteroatoms. The lowest BCUT2D eigenvalue weighted by atomic mass is 10.0. The number of rotatable bonds is 5. The van der Waals surface area contributed by atoms with Crippen molar-refractivity contribution in [2.75, 3.05) is 6.61 Å². The largest absolute Gasteiger partial charge is 0.396 e. The minimum absolute atomic E-state index is 0.0415. The highest BCUT2D eigenvalue weighted by Crippen LogP contribution is 2.29. The Labute approximate surface area is 102 Å². The molecule has 3 N–H and O–H groups in total. The quantitative estimate of drug-likeness (QED) is 0.542. The average Bonchev–Trinajstić information content (AvgIpc) is 2.28. The van der Waals surface area contributed by atoms with E-state index in [9.17, 15) is 20.3 Å². The molecule has 1 aromatic carbocycles. The van der Waals surface area contributed by atoms with Crippen LogP contribution in [-0.2, 0) is 0 Å². The second-order valence-electron chi connectivity index (χ2n) is 3.49. The van der Waals surface area contributed by atoms with E-state index in [0.717, 1.165) is 6.07 Å². The fourth-order valence-electron chi connectivity index (χ4n) is 1.37. The van der Waals surface area contributed by atoms with Crippen molar-refractivity contribution >= 4 is 17.3 Å². The van der Waals surface area contributed by atoms with Crippen molar-refractivity contribution in [3.05, 3.63) is 38.9 Å². The second-order valence-corrected chi connectivity index (χ2v) is 3.89. The van der Waals surface area contributed by atoms with Crippen molar-refractivity contribution in [2.24, 2.45) is 0 Å². The zero-order chi connectivity index (χ0) is 13.0. The zero-order valence-electron chi connectivity index (χ0n) is 8.78. The minimum atomic E-state index is -1.37. The summed E-state index contributed by atoms with van der Waals surface area (Å²) < 4.78 is 0. The van der Waals surface area contributed by atoms with E-state index in [-0.39, 0.29) is 29.3 Å². The summed E-state index contributed by atoms with van der Waals surface area (Å²) in [7, 11) is 0. The van der Waals surface area contributed by atoms with Crippen molar-refractivity contribution < 1.29 is 20.2 Å². The maximum Gasteiger partial charge on any atom is 0.269 e. The van der Waals surface area contributed by atoms with Gasteiger partial charge in [-0.15, -0.1) is 0 Å². The molecule has 0 heterocycles. The summed E-state index contributed by atoms with van der Waals surface area (Å²) in [6, 6.07) is 3.59. The smallest absolute Gasteiger partial charge is 0.269 e. The van der Waals surface area contributed by atoms with Crippen LogP contribution in [0.5, 0.6) is 0 Å². The van der Waals surface area contributed by atoms with Gasteiger partial charge in [0.15, 0.2) is 0 Å². The molecule has 0 bridgehead atoms. The van der Waals surface area contributed by atoms with Crippen LogP contribution < -0.4 is 0 Å². The van der Waals surface area contributed by atoms with Crippen LogP contribution in [0.25, 0.3) is 0 Å². The molecule has 1 rings (SSSR count). The summed E-state index contributed by atoms with van der Waals surface area (Å²) in [5.41, 5.74) is -0.151. The molecule has 0 aliphatic heterocycles. The van der Waals surface area contributed by atoms with E-state index in [1.807, 2.05) is 0 Å². The van der Waals surface area contributed by atoms with Crippen LogP contribution in [0.15, 0.2) is 18.2 Å². The highest BCUT2D eigenvalue weighted by Gasteiger charge is 2.22. The number of benzene rings is 1. The molecule has 0 fully saturated rings. The van der Waals surface area contributed by atoms with Crippen molar-refractivity contribution in [1.29, 1.82) is 0 Å².